The summed E-state index contributed by atoms with van der Waals surface area (Å²) in [5.74, 6) is -1.16. The molecular weight excluding hydrogens is 522 g/mol. The maximum atomic E-state index is 11.8. The number of nitriles is 2. The lowest BCUT2D eigenvalue weighted by Gasteiger charge is -2.14. The van der Waals surface area contributed by atoms with Crippen LogP contribution in [-0.2, 0) is 5.75 Å². The fourth-order valence-corrected chi connectivity index (χ4v) is 4.54. The van der Waals surface area contributed by atoms with Gasteiger partial charge in [-0.1, -0.05) is 42.1 Å². The Balaban J connectivity index is 1.68. The number of hydrogen-bond acceptors (Lipinski definition) is 11. The molecule has 4 aromatic rings. The van der Waals surface area contributed by atoms with Gasteiger partial charge in [-0.2, -0.15) is 10.5 Å². The van der Waals surface area contributed by atoms with Gasteiger partial charge in [0.05, 0.1) is 12.2 Å². The molecule has 2 heterocycles. The largest absolute Gasteiger partial charge is 0.491 e. The number of aromatic carboxylic acids is 1. The van der Waals surface area contributed by atoms with E-state index in [1.807, 2.05) is 12.1 Å². The molecule has 0 bridgehead atoms. The number of ether oxygens (including phenoxy) is 1. The number of rotatable bonds is 10. The zero-order valence-electron chi connectivity index (χ0n) is 20.2. The second-order valence-electron chi connectivity index (χ2n) is 8.08. The van der Waals surface area contributed by atoms with E-state index in [2.05, 4.69) is 16.0 Å². The summed E-state index contributed by atoms with van der Waals surface area (Å²) in [5.41, 5.74) is 7.69. The number of nitrogens with two attached hydrogens (primary N) is 1. The number of oxazole rings is 1. The maximum absolute atomic E-state index is 11.8. The van der Waals surface area contributed by atoms with E-state index in [0.717, 1.165) is 11.8 Å². The van der Waals surface area contributed by atoms with Crippen molar-refractivity contribution in [3.05, 3.63) is 77.2 Å². The number of anilines is 1. The molecule has 4 rings (SSSR count). The van der Waals surface area contributed by atoms with Crippen molar-refractivity contribution in [2.24, 2.45) is 0 Å². The molecule has 2 aromatic heterocycles. The number of aliphatic hydroxyl groups is 2. The molecule has 0 aliphatic heterocycles. The van der Waals surface area contributed by atoms with Crippen molar-refractivity contribution in [2.45, 2.75) is 16.9 Å². The molecule has 0 unspecified atom stereocenters. The van der Waals surface area contributed by atoms with E-state index >= 15 is 0 Å². The Morgan fingerprint density at radius 1 is 1.05 bits per heavy atom. The standard InChI is InChI=1S/C27H21N5O6S/c28-10-19-22(15-6-8-18(9-7-15)37-13-17(34)12-33)20(11-29)26(32-24(19)30)39-14-21-23(27(35)36)38-25(31-21)16-4-2-1-3-5-16/h1-9,17,33-34H,12-14H2,(H2,30,32)(H,35,36)/t17-/m1/s1. The van der Waals surface area contributed by atoms with Crippen LogP contribution in [-0.4, -0.2) is 50.6 Å². The van der Waals surface area contributed by atoms with Crippen molar-refractivity contribution in [2.75, 3.05) is 18.9 Å². The van der Waals surface area contributed by atoms with Gasteiger partial charge >= 0.3 is 5.97 Å². The average molecular weight is 544 g/mol. The van der Waals surface area contributed by atoms with Gasteiger partial charge in [0.1, 0.15) is 52.7 Å². The number of carboxylic acid groups (broad SMARTS) is 1. The van der Waals surface area contributed by atoms with Gasteiger partial charge in [0.2, 0.25) is 11.7 Å². The number of carboxylic acids is 1. The number of carbonyl (C=O) groups is 1. The molecule has 0 saturated carbocycles. The van der Waals surface area contributed by atoms with Crippen LogP contribution in [0.3, 0.4) is 0 Å². The molecule has 0 fully saturated rings. The molecule has 196 valence electrons. The van der Waals surface area contributed by atoms with Crippen LogP contribution in [0, 0.1) is 22.7 Å². The maximum Gasteiger partial charge on any atom is 0.373 e. The van der Waals surface area contributed by atoms with Gasteiger partial charge < -0.3 is 30.2 Å². The summed E-state index contributed by atoms with van der Waals surface area (Å²) in [6.07, 6.45) is -1.03. The first-order valence-corrected chi connectivity index (χ1v) is 12.4. The van der Waals surface area contributed by atoms with Crippen LogP contribution in [0.4, 0.5) is 5.82 Å². The SMILES string of the molecule is N#Cc1c(N)nc(SCc2nc(-c3ccccc3)oc2C(=O)O)c(C#N)c1-c1ccc(OC[C@H](O)CO)cc1. The van der Waals surface area contributed by atoms with Gasteiger partial charge in [-0.15, -0.1) is 0 Å². The fraction of sp³-hybridized carbons (Fsp3) is 0.148. The van der Waals surface area contributed by atoms with Crippen LogP contribution in [0.5, 0.6) is 5.75 Å². The van der Waals surface area contributed by atoms with Gasteiger partial charge in [0, 0.05) is 16.9 Å². The number of nitrogen functional groups attached to an aromatic ring is 1. The van der Waals surface area contributed by atoms with Crippen molar-refractivity contribution >= 4 is 23.5 Å². The predicted octanol–water partition coefficient (Wildman–Crippen LogP) is 3.45. The van der Waals surface area contributed by atoms with Gasteiger partial charge in [-0.25, -0.2) is 14.8 Å². The van der Waals surface area contributed by atoms with E-state index in [1.165, 1.54) is 0 Å². The number of aliphatic hydroxyl groups excluding tert-OH is 2. The van der Waals surface area contributed by atoms with Crippen LogP contribution >= 0.6 is 11.8 Å². The summed E-state index contributed by atoms with van der Waals surface area (Å²) in [5, 5.41) is 48.0. The molecular formula is C27H21N5O6S. The number of thioether (sulfide) groups is 1. The monoisotopic (exact) mass is 543 g/mol. The molecule has 0 amide bonds. The lowest BCUT2D eigenvalue weighted by molar-refractivity contribution is 0.0536. The second kappa shape index (κ2) is 12.1. The Labute approximate surface area is 226 Å². The van der Waals surface area contributed by atoms with Crippen molar-refractivity contribution in [3.63, 3.8) is 0 Å². The molecule has 11 nitrogen and oxygen atoms in total. The quantitative estimate of drug-likeness (QED) is 0.213. The van der Waals surface area contributed by atoms with Crippen LogP contribution in [0.15, 0.2) is 64.0 Å². The van der Waals surface area contributed by atoms with Gasteiger partial charge in [0.15, 0.2) is 0 Å². The molecule has 1 atom stereocenters. The van der Waals surface area contributed by atoms with Crippen LogP contribution in [0.2, 0.25) is 0 Å². The Morgan fingerprint density at radius 2 is 1.74 bits per heavy atom. The lowest BCUT2D eigenvalue weighted by atomic mass is 9.97. The number of aromatic nitrogens is 2. The van der Waals surface area contributed by atoms with E-state index in [4.69, 9.17) is 20.0 Å². The smallest absolute Gasteiger partial charge is 0.373 e. The van der Waals surface area contributed by atoms with E-state index in [1.54, 1.807) is 48.5 Å². The summed E-state index contributed by atoms with van der Waals surface area (Å²) < 4.78 is 10.9. The normalized spacial score (nSPS) is 11.4. The summed E-state index contributed by atoms with van der Waals surface area (Å²) in [6.45, 7) is -0.556. The molecule has 0 aliphatic rings. The summed E-state index contributed by atoms with van der Waals surface area (Å²) >= 11 is 1.04. The Hall–Kier alpha value is -4.88. The molecule has 0 saturated heterocycles. The minimum absolute atomic E-state index is 0.00435. The highest BCUT2D eigenvalue weighted by Gasteiger charge is 2.24. The summed E-state index contributed by atoms with van der Waals surface area (Å²) in [6, 6.07) is 19.3. The number of hydrogen-bond donors (Lipinski definition) is 4. The molecule has 5 N–H and O–H groups in total. The van der Waals surface area contributed by atoms with Crippen molar-refractivity contribution in [3.8, 4) is 40.5 Å². The molecule has 12 heteroatoms. The zero-order valence-corrected chi connectivity index (χ0v) is 21.1. The van der Waals surface area contributed by atoms with Crippen LogP contribution in [0.1, 0.15) is 27.4 Å². The molecule has 2 aromatic carbocycles. The number of pyridine rings is 1. The highest BCUT2D eigenvalue weighted by atomic mass is 32.2. The van der Waals surface area contributed by atoms with Crippen molar-refractivity contribution in [1.29, 1.82) is 10.5 Å². The zero-order chi connectivity index (χ0) is 27.9. The predicted molar refractivity (Wildman–Crippen MR) is 141 cm³/mol. The first kappa shape index (κ1) is 27.2. The third-order valence-electron chi connectivity index (χ3n) is 5.47. The van der Waals surface area contributed by atoms with E-state index in [0.29, 0.717) is 16.9 Å². The average Bonchev–Trinajstić information content (AvgIpc) is 3.40. The lowest BCUT2D eigenvalue weighted by Crippen LogP contribution is -2.21. The van der Waals surface area contributed by atoms with E-state index in [9.17, 15) is 25.5 Å². The Morgan fingerprint density at radius 3 is 2.36 bits per heavy atom. The molecule has 0 aliphatic carbocycles. The summed E-state index contributed by atoms with van der Waals surface area (Å²) in [7, 11) is 0. The van der Waals surface area contributed by atoms with E-state index < -0.39 is 18.7 Å². The second-order valence-corrected chi connectivity index (χ2v) is 9.04. The van der Waals surface area contributed by atoms with Crippen molar-refractivity contribution < 1.29 is 29.3 Å². The fourth-order valence-electron chi connectivity index (χ4n) is 3.61. The third-order valence-corrected chi connectivity index (χ3v) is 6.46. The molecule has 0 radical (unpaired) electrons. The number of benzene rings is 2. The molecule has 39 heavy (non-hydrogen) atoms. The topological polar surface area (TPSA) is 200 Å². The number of nitrogens with zero attached hydrogens (tertiary/aromatic N) is 4. The summed E-state index contributed by atoms with van der Waals surface area (Å²) in [4.78, 5) is 20.4. The van der Waals surface area contributed by atoms with Crippen molar-refractivity contribution in [1.82, 2.24) is 9.97 Å². The first-order chi connectivity index (χ1) is 18.9. The minimum atomic E-state index is -1.29. The van der Waals surface area contributed by atoms with E-state index in [-0.39, 0.29) is 57.2 Å². The van der Waals surface area contributed by atoms with Gasteiger partial charge in [-0.3, -0.25) is 0 Å². The van der Waals surface area contributed by atoms with Gasteiger partial charge in [-0.05, 0) is 29.8 Å². The molecule has 0 spiro atoms. The van der Waals surface area contributed by atoms with Gasteiger partial charge in [0.25, 0.3) is 0 Å². The Kier molecular flexibility index (Phi) is 8.43. The minimum Gasteiger partial charge on any atom is -0.491 e. The Bertz CT molecular complexity index is 1580. The van der Waals surface area contributed by atoms with Crippen LogP contribution in [0.25, 0.3) is 22.6 Å². The first-order valence-electron chi connectivity index (χ1n) is 11.4. The highest BCUT2D eigenvalue weighted by Crippen LogP contribution is 2.37. The highest BCUT2D eigenvalue weighted by molar-refractivity contribution is 7.98. The third kappa shape index (κ3) is 6.00. The van der Waals surface area contributed by atoms with Crippen LogP contribution < -0.4 is 10.5 Å².